The van der Waals surface area contributed by atoms with E-state index in [1.54, 1.807) is 0 Å². The molecule has 0 aliphatic heterocycles. The van der Waals surface area contributed by atoms with Crippen LogP contribution < -0.4 is 0 Å². The van der Waals surface area contributed by atoms with Crippen molar-refractivity contribution in [2.24, 2.45) is 0 Å². The van der Waals surface area contributed by atoms with Crippen LogP contribution in [-0.4, -0.2) is 23.5 Å². The van der Waals surface area contributed by atoms with Crippen molar-refractivity contribution < 1.29 is 14.8 Å². The lowest BCUT2D eigenvalue weighted by Gasteiger charge is -1.78. The molecule has 0 spiro atoms. The van der Waals surface area contributed by atoms with Gasteiger partial charge >= 0.3 is 7.12 Å². The summed E-state index contributed by atoms with van der Waals surface area (Å²) in [6.07, 6.45) is 1.49. The fourth-order valence-corrected chi connectivity index (χ4v) is 0.145. The van der Waals surface area contributed by atoms with Crippen LogP contribution >= 0.6 is 0 Å². The third-order valence-corrected chi connectivity index (χ3v) is 0.362. The Bertz CT molecular complexity index is 78.2. The standard InChI is InChI=1S/C3H5BO3/c5-3-1-2-4(6)7/h1-3,6-7H/b2-1-. The second-order valence-corrected chi connectivity index (χ2v) is 0.935. The van der Waals surface area contributed by atoms with Crippen molar-refractivity contribution in [3.63, 3.8) is 0 Å². The van der Waals surface area contributed by atoms with Crippen LogP contribution in [0.4, 0.5) is 0 Å². The summed E-state index contributed by atoms with van der Waals surface area (Å²) in [4.78, 5) is 9.40. The van der Waals surface area contributed by atoms with Gasteiger partial charge in [-0.25, -0.2) is 0 Å². The molecule has 0 aliphatic carbocycles. The highest BCUT2D eigenvalue weighted by Gasteiger charge is 1.94. The van der Waals surface area contributed by atoms with E-state index >= 15 is 0 Å². The fourth-order valence-electron chi connectivity index (χ4n) is 0.145. The number of rotatable bonds is 2. The normalized spacial score (nSPS) is 9.43. The predicted molar refractivity (Wildman–Crippen MR) is 25.4 cm³/mol. The summed E-state index contributed by atoms with van der Waals surface area (Å²) in [7, 11) is -1.51. The van der Waals surface area contributed by atoms with Gasteiger partial charge in [0.15, 0.2) is 0 Å². The van der Waals surface area contributed by atoms with Gasteiger partial charge in [0.2, 0.25) is 0 Å². The topological polar surface area (TPSA) is 57.5 Å². The molecule has 0 amide bonds. The number of aldehydes is 1. The van der Waals surface area contributed by atoms with Crippen LogP contribution in [0.3, 0.4) is 0 Å². The Balaban J connectivity index is 3.25. The average molecular weight is 99.9 g/mol. The lowest BCUT2D eigenvalue weighted by atomic mass is 9.92. The van der Waals surface area contributed by atoms with Gasteiger partial charge in [-0.2, -0.15) is 0 Å². The van der Waals surface area contributed by atoms with Gasteiger partial charge in [-0.1, -0.05) is 5.98 Å². The second-order valence-electron chi connectivity index (χ2n) is 0.935. The lowest BCUT2D eigenvalue weighted by Crippen LogP contribution is -2.05. The summed E-state index contributed by atoms with van der Waals surface area (Å²) in [6.45, 7) is 0. The summed E-state index contributed by atoms with van der Waals surface area (Å²) < 4.78 is 0. The molecule has 0 aliphatic rings. The van der Waals surface area contributed by atoms with E-state index in [-0.39, 0.29) is 0 Å². The van der Waals surface area contributed by atoms with Crippen LogP contribution in [0.2, 0.25) is 0 Å². The van der Waals surface area contributed by atoms with Gasteiger partial charge in [0.05, 0.1) is 0 Å². The van der Waals surface area contributed by atoms with Crippen molar-refractivity contribution in [3.8, 4) is 0 Å². The summed E-state index contributed by atoms with van der Waals surface area (Å²) in [5.41, 5.74) is 0. The summed E-state index contributed by atoms with van der Waals surface area (Å²) in [5, 5.41) is 16.0. The van der Waals surface area contributed by atoms with Gasteiger partial charge in [0.25, 0.3) is 0 Å². The molecule has 0 saturated carbocycles. The number of carbonyl (C=O) groups is 1. The molecule has 0 radical (unpaired) electrons. The maximum Gasteiger partial charge on any atom is 0.480 e. The van der Waals surface area contributed by atoms with E-state index in [1.165, 1.54) is 0 Å². The van der Waals surface area contributed by atoms with Crippen LogP contribution in [-0.2, 0) is 4.79 Å². The van der Waals surface area contributed by atoms with Crippen LogP contribution in [0.15, 0.2) is 12.1 Å². The number of allylic oxidation sites excluding steroid dienone is 1. The Hall–Kier alpha value is -0.605. The zero-order chi connectivity index (χ0) is 5.70. The average Bonchev–Trinajstić information content (AvgIpc) is 1.61. The van der Waals surface area contributed by atoms with Crippen LogP contribution in [0.25, 0.3) is 0 Å². The monoisotopic (exact) mass is 100 g/mol. The van der Waals surface area contributed by atoms with Crippen molar-refractivity contribution in [2.75, 3.05) is 0 Å². The highest BCUT2D eigenvalue weighted by molar-refractivity contribution is 6.47. The van der Waals surface area contributed by atoms with E-state index in [4.69, 9.17) is 10.0 Å². The van der Waals surface area contributed by atoms with Crippen LogP contribution in [0.1, 0.15) is 0 Å². The molecular formula is C3H5BO3. The van der Waals surface area contributed by atoms with E-state index < -0.39 is 7.12 Å². The first-order valence-corrected chi connectivity index (χ1v) is 1.75. The minimum Gasteiger partial charge on any atom is -0.424 e. The Morgan fingerprint density at radius 2 is 2.00 bits per heavy atom. The molecule has 0 bridgehead atoms. The van der Waals surface area contributed by atoms with E-state index in [0.29, 0.717) is 6.29 Å². The van der Waals surface area contributed by atoms with Crippen LogP contribution in [0, 0.1) is 0 Å². The molecule has 0 saturated heterocycles. The molecule has 0 aromatic heterocycles. The van der Waals surface area contributed by atoms with E-state index in [9.17, 15) is 4.79 Å². The van der Waals surface area contributed by atoms with Gasteiger partial charge in [-0.3, -0.25) is 4.79 Å². The first kappa shape index (κ1) is 6.39. The molecule has 4 heteroatoms. The number of hydrogen-bond donors (Lipinski definition) is 2. The molecule has 7 heavy (non-hydrogen) atoms. The fraction of sp³-hybridized carbons (Fsp3) is 0. The lowest BCUT2D eigenvalue weighted by molar-refractivity contribution is -0.104. The van der Waals surface area contributed by atoms with Crippen LogP contribution in [0.5, 0.6) is 0 Å². The maximum atomic E-state index is 9.40. The molecule has 0 atom stereocenters. The Kier molecular flexibility index (Phi) is 3.27. The summed E-state index contributed by atoms with van der Waals surface area (Å²) in [6, 6.07) is 0. The third-order valence-electron chi connectivity index (χ3n) is 0.362. The molecule has 3 nitrogen and oxygen atoms in total. The first-order valence-electron chi connectivity index (χ1n) is 1.75. The molecular weight excluding hydrogens is 94.8 g/mol. The Labute approximate surface area is 41.4 Å². The van der Waals surface area contributed by atoms with Gasteiger partial charge in [0, 0.05) is 0 Å². The largest absolute Gasteiger partial charge is 0.480 e. The summed E-state index contributed by atoms with van der Waals surface area (Å²) in [5.74, 6) is 0.965. The predicted octanol–water partition coefficient (Wildman–Crippen LogP) is -1.25. The molecule has 0 fully saturated rings. The van der Waals surface area contributed by atoms with Crippen molar-refractivity contribution in [1.82, 2.24) is 0 Å². The van der Waals surface area contributed by atoms with Gasteiger partial charge in [-0.05, 0) is 6.08 Å². The smallest absolute Gasteiger partial charge is 0.424 e. The first-order chi connectivity index (χ1) is 3.27. The quantitative estimate of drug-likeness (QED) is 0.259. The number of hydrogen-bond acceptors (Lipinski definition) is 3. The van der Waals surface area contributed by atoms with E-state index in [1.807, 2.05) is 0 Å². The highest BCUT2D eigenvalue weighted by atomic mass is 16.4. The molecule has 38 valence electrons. The molecule has 2 N–H and O–H groups in total. The zero-order valence-corrected chi connectivity index (χ0v) is 3.61. The van der Waals surface area contributed by atoms with Gasteiger partial charge in [0.1, 0.15) is 6.29 Å². The van der Waals surface area contributed by atoms with Gasteiger partial charge in [-0.15, -0.1) is 0 Å². The minimum absolute atomic E-state index is 0.472. The second kappa shape index (κ2) is 3.58. The molecule has 0 aromatic rings. The van der Waals surface area contributed by atoms with Crippen molar-refractivity contribution in [2.45, 2.75) is 0 Å². The molecule has 0 aromatic carbocycles. The molecule has 0 heterocycles. The Morgan fingerprint density at radius 3 is 2.14 bits per heavy atom. The van der Waals surface area contributed by atoms with Gasteiger partial charge < -0.3 is 10.0 Å². The Morgan fingerprint density at radius 1 is 1.43 bits per heavy atom. The third kappa shape index (κ3) is 5.39. The molecule has 0 rings (SSSR count). The SMILES string of the molecule is O=C/C=C\B(O)O. The van der Waals surface area contributed by atoms with E-state index in [0.717, 1.165) is 12.1 Å². The summed E-state index contributed by atoms with van der Waals surface area (Å²) >= 11 is 0. The van der Waals surface area contributed by atoms with Crippen molar-refractivity contribution in [1.29, 1.82) is 0 Å². The van der Waals surface area contributed by atoms with Crippen molar-refractivity contribution >= 4 is 13.4 Å². The molecule has 0 unspecified atom stereocenters. The van der Waals surface area contributed by atoms with E-state index in [2.05, 4.69) is 0 Å². The maximum absolute atomic E-state index is 9.40. The number of carbonyl (C=O) groups excluding carboxylic acids is 1. The highest BCUT2D eigenvalue weighted by Crippen LogP contribution is 1.67. The van der Waals surface area contributed by atoms with Crippen molar-refractivity contribution in [3.05, 3.63) is 12.1 Å². The minimum atomic E-state index is -1.51. The zero-order valence-electron chi connectivity index (χ0n) is 3.61.